The Morgan fingerprint density at radius 2 is 1.90 bits per heavy atom. The van der Waals surface area contributed by atoms with Crippen LogP contribution in [0.2, 0.25) is 0 Å². The fraction of sp³-hybridized carbons (Fsp3) is 0. The average Bonchev–Trinajstić information content (AvgIpc) is 2.87. The fourth-order valence-electron chi connectivity index (χ4n) is 2.22. The molecule has 2 aromatic heterocycles. The van der Waals surface area contributed by atoms with Crippen molar-refractivity contribution in [2.24, 2.45) is 0 Å². The van der Waals surface area contributed by atoms with E-state index in [4.69, 9.17) is 9.15 Å². The van der Waals surface area contributed by atoms with Crippen molar-refractivity contribution in [3.8, 4) is 11.6 Å². The van der Waals surface area contributed by atoms with Crippen molar-refractivity contribution in [1.29, 1.82) is 0 Å². The summed E-state index contributed by atoms with van der Waals surface area (Å²) in [5, 5.41) is 0.888. The number of halogens is 1. The average molecular weight is 280 g/mol. The third-order valence-corrected chi connectivity index (χ3v) is 3.14. The predicted octanol–water partition coefficient (Wildman–Crippen LogP) is 4.31. The van der Waals surface area contributed by atoms with Crippen molar-refractivity contribution < 1.29 is 13.5 Å². The maximum absolute atomic E-state index is 13.2. The van der Waals surface area contributed by atoms with Crippen molar-refractivity contribution >= 4 is 22.1 Å². The summed E-state index contributed by atoms with van der Waals surface area (Å²) in [6, 6.07) is 13.4. The molecule has 21 heavy (non-hydrogen) atoms. The molecule has 0 aliphatic heterocycles. The predicted molar refractivity (Wildman–Crippen MR) is 75.8 cm³/mol. The van der Waals surface area contributed by atoms with Crippen LogP contribution in [0.1, 0.15) is 0 Å². The second-order valence-electron chi connectivity index (χ2n) is 4.51. The largest absolute Gasteiger partial charge is 0.449 e. The van der Waals surface area contributed by atoms with E-state index in [9.17, 15) is 4.39 Å². The summed E-state index contributed by atoms with van der Waals surface area (Å²) in [4.78, 5) is 8.31. The number of fused-ring (bicyclic) bond motifs is 3. The van der Waals surface area contributed by atoms with Gasteiger partial charge in [0, 0.05) is 11.5 Å². The van der Waals surface area contributed by atoms with Crippen molar-refractivity contribution in [3.05, 3.63) is 60.7 Å². The van der Waals surface area contributed by atoms with Gasteiger partial charge in [0.05, 0.1) is 0 Å². The van der Waals surface area contributed by atoms with E-state index in [1.165, 1.54) is 18.5 Å². The van der Waals surface area contributed by atoms with E-state index in [1.54, 1.807) is 12.1 Å². The molecular weight excluding hydrogens is 271 g/mol. The number of para-hydroxylation sites is 1. The summed E-state index contributed by atoms with van der Waals surface area (Å²) in [6.45, 7) is 0. The standard InChI is InChI=1S/C16H9FN2O2/c17-10-4-3-5-11(8-10)20-16-15-14(18-9-19-16)12-6-1-2-7-13(12)21-15/h1-9H. The van der Waals surface area contributed by atoms with Crippen LogP contribution in [0.4, 0.5) is 4.39 Å². The Kier molecular flexibility index (Phi) is 2.57. The van der Waals surface area contributed by atoms with Crippen LogP contribution in [0.3, 0.4) is 0 Å². The normalized spacial score (nSPS) is 11.1. The summed E-state index contributed by atoms with van der Waals surface area (Å²) in [7, 11) is 0. The second kappa shape index (κ2) is 4.56. The Labute approximate surface area is 118 Å². The third-order valence-electron chi connectivity index (χ3n) is 3.14. The van der Waals surface area contributed by atoms with Crippen molar-refractivity contribution in [2.45, 2.75) is 0 Å². The highest BCUT2D eigenvalue weighted by Gasteiger charge is 2.14. The molecule has 0 atom stereocenters. The molecule has 0 bridgehead atoms. The summed E-state index contributed by atoms with van der Waals surface area (Å²) >= 11 is 0. The van der Waals surface area contributed by atoms with Gasteiger partial charge in [0.25, 0.3) is 5.88 Å². The molecule has 0 spiro atoms. The zero-order valence-corrected chi connectivity index (χ0v) is 10.8. The first-order chi connectivity index (χ1) is 10.3. The highest BCUT2D eigenvalue weighted by atomic mass is 19.1. The molecule has 0 unspecified atom stereocenters. The summed E-state index contributed by atoms with van der Waals surface area (Å²) in [6.07, 6.45) is 1.40. The van der Waals surface area contributed by atoms with Crippen LogP contribution in [-0.2, 0) is 0 Å². The monoisotopic (exact) mass is 280 g/mol. The SMILES string of the molecule is Fc1cccc(Oc2ncnc3c2oc2ccccc23)c1. The van der Waals surface area contributed by atoms with Crippen molar-refractivity contribution in [1.82, 2.24) is 9.97 Å². The Bertz CT molecular complexity index is 949. The second-order valence-corrected chi connectivity index (χ2v) is 4.51. The van der Waals surface area contributed by atoms with Gasteiger partial charge in [0.15, 0.2) is 0 Å². The molecule has 0 N–H and O–H groups in total. The van der Waals surface area contributed by atoms with Gasteiger partial charge in [-0.3, -0.25) is 0 Å². The molecule has 5 heteroatoms. The molecule has 0 amide bonds. The van der Waals surface area contributed by atoms with Gasteiger partial charge in [-0.15, -0.1) is 0 Å². The van der Waals surface area contributed by atoms with E-state index in [1.807, 2.05) is 24.3 Å². The minimum absolute atomic E-state index is 0.266. The number of furan rings is 1. The van der Waals surface area contributed by atoms with Crippen LogP contribution in [-0.4, -0.2) is 9.97 Å². The minimum atomic E-state index is -0.373. The number of ether oxygens (including phenoxy) is 1. The molecule has 0 radical (unpaired) electrons. The van der Waals surface area contributed by atoms with E-state index in [2.05, 4.69) is 9.97 Å². The van der Waals surface area contributed by atoms with Crippen LogP contribution in [0.25, 0.3) is 22.1 Å². The Morgan fingerprint density at radius 1 is 1.00 bits per heavy atom. The van der Waals surface area contributed by atoms with Crippen molar-refractivity contribution in [2.75, 3.05) is 0 Å². The number of nitrogens with zero attached hydrogens (tertiary/aromatic N) is 2. The molecule has 0 fully saturated rings. The van der Waals surface area contributed by atoms with Gasteiger partial charge < -0.3 is 9.15 Å². The van der Waals surface area contributed by atoms with Crippen LogP contribution in [0.5, 0.6) is 11.6 Å². The molecule has 4 aromatic rings. The Balaban J connectivity index is 1.89. The highest BCUT2D eigenvalue weighted by Crippen LogP contribution is 2.33. The smallest absolute Gasteiger partial charge is 0.267 e. The lowest BCUT2D eigenvalue weighted by Crippen LogP contribution is -1.90. The van der Waals surface area contributed by atoms with Crippen LogP contribution >= 0.6 is 0 Å². The van der Waals surface area contributed by atoms with E-state index < -0.39 is 0 Å². The molecule has 0 aliphatic rings. The van der Waals surface area contributed by atoms with E-state index in [0.717, 1.165) is 5.39 Å². The topological polar surface area (TPSA) is 48.2 Å². The zero-order valence-electron chi connectivity index (χ0n) is 10.8. The third kappa shape index (κ3) is 1.99. The number of aromatic nitrogens is 2. The van der Waals surface area contributed by atoms with E-state index in [0.29, 0.717) is 22.4 Å². The van der Waals surface area contributed by atoms with Gasteiger partial charge >= 0.3 is 0 Å². The maximum Gasteiger partial charge on any atom is 0.267 e. The minimum Gasteiger partial charge on any atom is -0.449 e. The van der Waals surface area contributed by atoms with Gasteiger partial charge in [0.1, 0.15) is 29.0 Å². The first kappa shape index (κ1) is 11.8. The van der Waals surface area contributed by atoms with E-state index >= 15 is 0 Å². The molecule has 4 rings (SSSR count). The maximum atomic E-state index is 13.2. The molecule has 0 aliphatic carbocycles. The molecule has 0 saturated heterocycles. The fourth-order valence-corrected chi connectivity index (χ4v) is 2.22. The lowest BCUT2D eigenvalue weighted by Gasteiger charge is -2.04. The van der Waals surface area contributed by atoms with Crippen LogP contribution in [0.15, 0.2) is 59.3 Å². The molecule has 0 saturated carbocycles. The summed E-state index contributed by atoms with van der Waals surface area (Å²) in [5.41, 5.74) is 1.83. The number of benzene rings is 2. The number of hydrogen-bond acceptors (Lipinski definition) is 4. The van der Waals surface area contributed by atoms with Gasteiger partial charge in [0.2, 0.25) is 5.58 Å². The number of rotatable bonds is 2. The van der Waals surface area contributed by atoms with Crippen LogP contribution < -0.4 is 4.74 Å². The molecule has 2 aromatic carbocycles. The zero-order chi connectivity index (χ0) is 14.2. The lowest BCUT2D eigenvalue weighted by molar-refractivity contribution is 0.452. The first-order valence-corrected chi connectivity index (χ1v) is 6.37. The molecule has 102 valence electrons. The molecular formula is C16H9FN2O2. The first-order valence-electron chi connectivity index (χ1n) is 6.37. The Morgan fingerprint density at radius 3 is 2.81 bits per heavy atom. The quantitative estimate of drug-likeness (QED) is 0.549. The van der Waals surface area contributed by atoms with Gasteiger partial charge in [-0.25, -0.2) is 9.37 Å². The number of hydrogen-bond donors (Lipinski definition) is 0. The molecule has 2 heterocycles. The summed E-state index contributed by atoms with van der Waals surface area (Å²) < 4.78 is 24.6. The lowest BCUT2D eigenvalue weighted by atomic mass is 10.2. The molecule has 4 nitrogen and oxygen atoms in total. The van der Waals surface area contributed by atoms with Crippen molar-refractivity contribution in [3.63, 3.8) is 0 Å². The van der Waals surface area contributed by atoms with E-state index in [-0.39, 0.29) is 11.7 Å². The van der Waals surface area contributed by atoms with Crippen LogP contribution in [0, 0.1) is 5.82 Å². The van der Waals surface area contributed by atoms with Gasteiger partial charge in [-0.1, -0.05) is 18.2 Å². The van der Waals surface area contributed by atoms with Gasteiger partial charge in [-0.2, -0.15) is 4.98 Å². The highest BCUT2D eigenvalue weighted by molar-refractivity contribution is 6.03. The summed E-state index contributed by atoms with van der Waals surface area (Å²) in [5.74, 6) is 0.250. The Hall–Kier alpha value is -2.95. The van der Waals surface area contributed by atoms with Gasteiger partial charge in [-0.05, 0) is 24.3 Å².